The van der Waals surface area contributed by atoms with Crippen molar-refractivity contribution in [3.05, 3.63) is 36.6 Å². The fourth-order valence-corrected chi connectivity index (χ4v) is 0.326. The van der Waals surface area contributed by atoms with E-state index >= 15 is 0 Å². The molecule has 0 aliphatic heterocycles. The molecule has 1 N–H and O–H groups in total. The molecule has 0 rings (SSSR count). The molecule has 0 fully saturated rings. The van der Waals surface area contributed by atoms with Gasteiger partial charge in [-0.2, -0.15) is 0 Å². The smallest absolute Gasteiger partial charge is 0.00277 e. The third-order valence-electron chi connectivity index (χ3n) is 1.82. The Kier molecular flexibility index (Phi) is 11.2. The molecule has 14 heavy (non-hydrogen) atoms. The van der Waals surface area contributed by atoms with Crippen molar-refractivity contribution < 1.29 is 0 Å². The summed E-state index contributed by atoms with van der Waals surface area (Å²) >= 11 is 0. The highest BCUT2D eigenvalue weighted by atomic mass is 14.8. The number of hydrogen-bond acceptors (Lipinski definition) is 1. The standard InChI is InChI=1S/C8H13N.C5H12/c1-7(2)8(3)5-6-9-4;1-4-5(2)3/h5-6,9H,1,3H2,2,4H3;5H,4H2,1-3H3/b6-5-;. The Labute approximate surface area is 89.6 Å². The van der Waals surface area contributed by atoms with Gasteiger partial charge in [0.15, 0.2) is 0 Å². The summed E-state index contributed by atoms with van der Waals surface area (Å²) in [6.45, 7) is 16.1. The lowest BCUT2D eigenvalue weighted by atomic mass is 10.1. The van der Waals surface area contributed by atoms with Gasteiger partial charge >= 0.3 is 0 Å². The van der Waals surface area contributed by atoms with Gasteiger partial charge in [0.25, 0.3) is 0 Å². The molecule has 0 saturated carbocycles. The first-order chi connectivity index (χ1) is 6.45. The minimum absolute atomic E-state index is 0.884. The van der Waals surface area contributed by atoms with E-state index in [0.29, 0.717) is 0 Å². The maximum Gasteiger partial charge on any atom is 0.00277 e. The summed E-state index contributed by atoms with van der Waals surface area (Å²) in [6.07, 6.45) is 5.03. The van der Waals surface area contributed by atoms with Gasteiger partial charge in [-0.15, -0.1) is 0 Å². The van der Waals surface area contributed by atoms with Gasteiger partial charge in [-0.3, -0.25) is 0 Å². The van der Waals surface area contributed by atoms with Crippen LogP contribution in [0.1, 0.15) is 34.1 Å². The van der Waals surface area contributed by atoms with E-state index in [4.69, 9.17) is 0 Å². The molecule has 0 radical (unpaired) electrons. The third kappa shape index (κ3) is 13.6. The van der Waals surface area contributed by atoms with E-state index in [9.17, 15) is 0 Å². The maximum atomic E-state index is 3.77. The van der Waals surface area contributed by atoms with Gasteiger partial charge in [-0.05, 0) is 30.7 Å². The summed E-state index contributed by atoms with van der Waals surface area (Å²) in [6, 6.07) is 0. The SMILES string of the molecule is C=C(C)C(=C)/C=C\NC.CCC(C)C. The van der Waals surface area contributed by atoms with E-state index in [1.165, 1.54) is 6.42 Å². The number of nitrogens with one attached hydrogen (secondary N) is 1. The monoisotopic (exact) mass is 195 g/mol. The molecule has 0 aromatic heterocycles. The van der Waals surface area contributed by atoms with Crippen LogP contribution < -0.4 is 5.32 Å². The topological polar surface area (TPSA) is 12.0 Å². The van der Waals surface area contributed by atoms with E-state index in [2.05, 4.69) is 39.2 Å². The van der Waals surface area contributed by atoms with Crippen LogP contribution in [-0.4, -0.2) is 7.05 Å². The molecule has 0 aromatic rings. The van der Waals surface area contributed by atoms with Crippen molar-refractivity contribution in [2.75, 3.05) is 7.05 Å². The number of allylic oxidation sites excluding steroid dienone is 3. The summed E-state index contributed by atoms with van der Waals surface area (Å²) in [5, 5.41) is 2.87. The van der Waals surface area contributed by atoms with Crippen LogP contribution in [0.25, 0.3) is 0 Å². The van der Waals surface area contributed by atoms with Crippen molar-refractivity contribution in [2.24, 2.45) is 5.92 Å². The molecule has 0 heterocycles. The van der Waals surface area contributed by atoms with Crippen molar-refractivity contribution in [2.45, 2.75) is 34.1 Å². The first-order valence-electron chi connectivity index (χ1n) is 5.14. The Hall–Kier alpha value is -0.980. The molecular formula is C13H25N. The molecule has 0 saturated heterocycles. The van der Waals surface area contributed by atoms with E-state index < -0.39 is 0 Å². The summed E-state index contributed by atoms with van der Waals surface area (Å²) in [4.78, 5) is 0. The molecule has 0 aliphatic rings. The van der Waals surface area contributed by atoms with Crippen LogP contribution >= 0.6 is 0 Å². The highest BCUT2D eigenvalue weighted by Crippen LogP contribution is 2.02. The molecule has 0 aliphatic carbocycles. The van der Waals surface area contributed by atoms with Crippen LogP contribution in [0.5, 0.6) is 0 Å². The Morgan fingerprint density at radius 3 is 2.00 bits per heavy atom. The van der Waals surface area contributed by atoms with Crippen LogP contribution in [0, 0.1) is 5.92 Å². The molecule has 0 bridgehead atoms. The minimum atomic E-state index is 0.884. The normalized spacial score (nSPS) is 9.57. The summed E-state index contributed by atoms with van der Waals surface area (Å²) in [5.74, 6) is 0.884. The number of rotatable bonds is 4. The molecule has 0 amide bonds. The molecule has 1 heteroatoms. The van der Waals surface area contributed by atoms with Crippen LogP contribution in [0.4, 0.5) is 0 Å². The lowest BCUT2D eigenvalue weighted by molar-refractivity contribution is 0.626. The van der Waals surface area contributed by atoms with Gasteiger partial charge in [0.05, 0.1) is 0 Å². The Morgan fingerprint density at radius 1 is 1.36 bits per heavy atom. The maximum absolute atomic E-state index is 3.77. The van der Waals surface area contributed by atoms with E-state index in [0.717, 1.165) is 17.1 Å². The third-order valence-corrected chi connectivity index (χ3v) is 1.82. The van der Waals surface area contributed by atoms with E-state index in [-0.39, 0.29) is 0 Å². The predicted molar refractivity (Wildman–Crippen MR) is 67.3 cm³/mol. The summed E-state index contributed by atoms with van der Waals surface area (Å²) in [7, 11) is 1.85. The molecule has 0 unspecified atom stereocenters. The van der Waals surface area contributed by atoms with Crippen LogP contribution in [0.3, 0.4) is 0 Å². The van der Waals surface area contributed by atoms with Crippen molar-refractivity contribution in [3.8, 4) is 0 Å². The highest BCUT2D eigenvalue weighted by Gasteiger charge is 1.84. The van der Waals surface area contributed by atoms with Gasteiger partial charge < -0.3 is 5.32 Å². The second-order valence-electron chi connectivity index (χ2n) is 3.73. The van der Waals surface area contributed by atoms with E-state index in [1.807, 2.05) is 26.2 Å². The zero-order chi connectivity index (χ0) is 11.6. The van der Waals surface area contributed by atoms with Crippen LogP contribution in [0.2, 0.25) is 0 Å². The minimum Gasteiger partial charge on any atom is -0.394 e. The molecule has 0 spiro atoms. The van der Waals surface area contributed by atoms with E-state index in [1.54, 1.807) is 0 Å². The van der Waals surface area contributed by atoms with Gasteiger partial charge in [0, 0.05) is 7.05 Å². The highest BCUT2D eigenvalue weighted by molar-refractivity contribution is 5.33. The summed E-state index contributed by atoms with van der Waals surface area (Å²) in [5.41, 5.74) is 1.96. The second kappa shape index (κ2) is 10.1. The van der Waals surface area contributed by atoms with Crippen molar-refractivity contribution >= 4 is 0 Å². The Morgan fingerprint density at radius 2 is 1.79 bits per heavy atom. The molecular weight excluding hydrogens is 170 g/mol. The first-order valence-corrected chi connectivity index (χ1v) is 5.14. The molecule has 0 aromatic carbocycles. The van der Waals surface area contributed by atoms with Crippen LogP contribution in [-0.2, 0) is 0 Å². The lowest BCUT2D eigenvalue weighted by Crippen LogP contribution is -1.91. The average molecular weight is 195 g/mol. The van der Waals surface area contributed by atoms with Gasteiger partial charge in [-0.25, -0.2) is 0 Å². The zero-order valence-electron chi connectivity index (χ0n) is 10.4. The Balaban J connectivity index is 0. The van der Waals surface area contributed by atoms with Gasteiger partial charge in [0.2, 0.25) is 0 Å². The van der Waals surface area contributed by atoms with Crippen molar-refractivity contribution in [1.29, 1.82) is 0 Å². The fraction of sp³-hybridized carbons (Fsp3) is 0.538. The van der Waals surface area contributed by atoms with Crippen molar-refractivity contribution in [1.82, 2.24) is 5.32 Å². The first kappa shape index (κ1) is 15.5. The van der Waals surface area contributed by atoms with Gasteiger partial charge in [0.1, 0.15) is 0 Å². The average Bonchev–Trinajstić information content (AvgIpc) is 2.14. The van der Waals surface area contributed by atoms with Gasteiger partial charge in [-0.1, -0.05) is 45.9 Å². The number of hydrogen-bond donors (Lipinski definition) is 1. The largest absolute Gasteiger partial charge is 0.394 e. The molecule has 1 nitrogen and oxygen atoms in total. The quantitative estimate of drug-likeness (QED) is 0.671. The molecule has 0 atom stereocenters. The molecule has 82 valence electrons. The second-order valence-corrected chi connectivity index (χ2v) is 3.73. The fourth-order valence-electron chi connectivity index (χ4n) is 0.326. The van der Waals surface area contributed by atoms with Crippen LogP contribution in [0.15, 0.2) is 36.6 Å². The predicted octanol–water partition coefficient (Wildman–Crippen LogP) is 3.90. The Bertz CT molecular complexity index is 187. The lowest BCUT2D eigenvalue weighted by Gasteiger charge is -1.94. The zero-order valence-corrected chi connectivity index (χ0v) is 10.4. The summed E-state index contributed by atoms with van der Waals surface area (Å²) < 4.78 is 0. The van der Waals surface area contributed by atoms with Crippen molar-refractivity contribution in [3.63, 3.8) is 0 Å².